The minimum Gasteiger partial charge on any atom is -0.392 e. The van der Waals surface area contributed by atoms with Crippen LogP contribution in [0.4, 0.5) is 0 Å². The van der Waals surface area contributed by atoms with Gasteiger partial charge in [-0.1, -0.05) is 85.8 Å². The van der Waals surface area contributed by atoms with E-state index in [0.29, 0.717) is 18.7 Å². The molecular weight excluding hydrogens is 552 g/mol. The summed E-state index contributed by atoms with van der Waals surface area (Å²) in [5.74, 6) is -0.0210. The van der Waals surface area contributed by atoms with Crippen LogP contribution in [0.5, 0.6) is 0 Å². The predicted octanol–water partition coefficient (Wildman–Crippen LogP) is 5.63. The molecule has 0 radical (unpaired) electrons. The normalized spacial score (nSPS) is 23.8. The molecule has 3 N–H and O–H groups in total. The number of rotatable bonds is 9. The Morgan fingerprint density at radius 3 is 2.34 bits per heavy atom. The van der Waals surface area contributed by atoms with E-state index in [2.05, 4.69) is 41.4 Å². The lowest BCUT2D eigenvalue weighted by Crippen LogP contribution is -2.44. The SMILES string of the molecule is CC1C(CN2CCC(O)C2)OC(c2cccc(-c3cccc(CNC(=O)c4ccccc4)c3)c2)OC1c1ccc(CO)cc1. The molecule has 2 heterocycles. The number of carbonyl (C=O) groups is 1. The van der Waals surface area contributed by atoms with Crippen molar-refractivity contribution in [2.24, 2.45) is 5.92 Å². The minimum absolute atomic E-state index is 0.000391. The first-order valence-electron chi connectivity index (χ1n) is 15.4. The van der Waals surface area contributed by atoms with Crippen LogP contribution in [0.3, 0.4) is 0 Å². The number of nitrogens with one attached hydrogen (secondary N) is 1. The fourth-order valence-corrected chi connectivity index (χ4v) is 6.16. The number of hydrogen-bond donors (Lipinski definition) is 3. The fraction of sp³-hybridized carbons (Fsp3) is 0.324. The highest BCUT2D eigenvalue weighted by atomic mass is 16.7. The van der Waals surface area contributed by atoms with E-state index in [1.807, 2.05) is 66.7 Å². The van der Waals surface area contributed by atoms with E-state index in [9.17, 15) is 15.0 Å². The molecule has 228 valence electrons. The maximum Gasteiger partial charge on any atom is 0.251 e. The molecular formula is C37H40N2O5. The zero-order valence-electron chi connectivity index (χ0n) is 25.0. The van der Waals surface area contributed by atoms with Gasteiger partial charge in [0.15, 0.2) is 6.29 Å². The average molecular weight is 593 g/mol. The molecule has 2 saturated heterocycles. The molecule has 7 nitrogen and oxygen atoms in total. The Labute approximate surface area is 259 Å². The number of aliphatic hydroxyl groups excluding tert-OH is 2. The zero-order valence-corrected chi connectivity index (χ0v) is 25.0. The number of benzene rings is 4. The number of amides is 1. The van der Waals surface area contributed by atoms with Crippen molar-refractivity contribution < 1.29 is 24.5 Å². The molecule has 0 saturated carbocycles. The Morgan fingerprint density at radius 1 is 0.864 bits per heavy atom. The molecule has 0 aliphatic carbocycles. The summed E-state index contributed by atoms with van der Waals surface area (Å²) in [7, 11) is 0. The number of likely N-dealkylation sites (tertiary alicyclic amines) is 1. The summed E-state index contributed by atoms with van der Waals surface area (Å²) in [5, 5.41) is 22.7. The van der Waals surface area contributed by atoms with Gasteiger partial charge in [0.05, 0.1) is 24.9 Å². The lowest BCUT2D eigenvalue weighted by molar-refractivity contribution is -0.276. The third kappa shape index (κ3) is 7.09. The Hall–Kier alpha value is -3.85. The summed E-state index contributed by atoms with van der Waals surface area (Å²) in [6, 6.07) is 33.6. The Morgan fingerprint density at radius 2 is 1.61 bits per heavy atom. The number of nitrogens with zero attached hydrogens (tertiary/aromatic N) is 1. The number of ether oxygens (including phenoxy) is 2. The molecule has 6 rings (SSSR count). The largest absolute Gasteiger partial charge is 0.392 e. The van der Waals surface area contributed by atoms with Crippen LogP contribution in [0.25, 0.3) is 11.1 Å². The van der Waals surface area contributed by atoms with E-state index in [1.165, 1.54) is 0 Å². The monoisotopic (exact) mass is 592 g/mol. The first-order chi connectivity index (χ1) is 21.5. The van der Waals surface area contributed by atoms with Crippen LogP contribution in [-0.4, -0.2) is 52.9 Å². The van der Waals surface area contributed by atoms with Crippen LogP contribution in [0.15, 0.2) is 103 Å². The standard InChI is InChI=1S/C37H40N2O5/c1-25-34(23-39-18-17-33(41)22-39)43-37(44-35(25)28-15-13-26(24-40)14-16-28)32-12-6-11-31(20-32)30-10-5-7-27(19-30)21-38-36(42)29-8-3-2-4-9-29/h2-16,19-20,25,33-35,37,40-41H,17-18,21-24H2,1H3,(H,38,42). The van der Waals surface area contributed by atoms with Crippen LogP contribution >= 0.6 is 0 Å². The summed E-state index contributed by atoms with van der Waals surface area (Å²) >= 11 is 0. The molecule has 0 bridgehead atoms. The van der Waals surface area contributed by atoms with Crippen molar-refractivity contribution in [1.82, 2.24) is 10.2 Å². The van der Waals surface area contributed by atoms with Gasteiger partial charge in [0.1, 0.15) is 0 Å². The molecule has 44 heavy (non-hydrogen) atoms. The molecule has 7 heteroatoms. The Kier molecular flexibility index (Phi) is 9.50. The van der Waals surface area contributed by atoms with Gasteiger partial charge in [0.25, 0.3) is 5.91 Å². The molecule has 2 aliphatic rings. The highest BCUT2D eigenvalue weighted by molar-refractivity contribution is 5.94. The van der Waals surface area contributed by atoms with Crippen molar-refractivity contribution in [3.8, 4) is 11.1 Å². The molecule has 4 aromatic carbocycles. The first kappa shape index (κ1) is 30.2. The summed E-state index contributed by atoms with van der Waals surface area (Å²) in [4.78, 5) is 14.8. The molecule has 4 aromatic rings. The molecule has 2 aliphatic heterocycles. The summed E-state index contributed by atoms with van der Waals surface area (Å²) in [6.45, 7) is 4.83. The molecule has 5 atom stereocenters. The van der Waals surface area contributed by atoms with Gasteiger partial charge >= 0.3 is 0 Å². The lowest BCUT2D eigenvalue weighted by atomic mass is 9.90. The van der Waals surface area contributed by atoms with Gasteiger partial charge in [0.2, 0.25) is 0 Å². The van der Waals surface area contributed by atoms with Crippen molar-refractivity contribution in [2.45, 2.75) is 51.1 Å². The van der Waals surface area contributed by atoms with Crippen molar-refractivity contribution in [3.05, 3.63) is 131 Å². The van der Waals surface area contributed by atoms with Gasteiger partial charge in [-0.2, -0.15) is 0 Å². The summed E-state index contributed by atoms with van der Waals surface area (Å²) < 4.78 is 13.3. The highest BCUT2D eigenvalue weighted by Gasteiger charge is 2.40. The smallest absolute Gasteiger partial charge is 0.251 e. The van der Waals surface area contributed by atoms with Crippen molar-refractivity contribution in [1.29, 1.82) is 0 Å². The van der Waals surface area contributed by atoms with Crippen molar-refractivity contribution in [3.63, 3.8) is 0 Å². The van der Waals surface area contributed by atoms with Gasteiger partial charge in [0, 0.05) is 43.2 Å². The van der Waals surface area contributed by atoms with Gasteiger partial charge in [-0.25, -0.2) is 0 Å². The van der Waals surface area contributed by atoms with Gasteiger partial charge < -0.3 is 25.0 Å². The van der Waals surface area contributed by atoms with Crippen LogP contribution < -0.4 is 5.32 Å². The van der Waals surface area contributed by atoms with Crippen LogP contribution in [0, 0.1) is 5.92 Å². The molecule has 0 aromatic heterocycles. The van der Waals surface area contributed by atoms with E-state index < -0.39 is 6.29 Å². The average Bonchev–Trinajstić information content (AvgIpc) is 3.49. The Balaban J connectivity index is 1.22. The van der Waals surface area contributed by atoms with Gasteiger partial charge in [-0.15, -0.1) is 0 Å². The van der Waals surface area contributed by atoms with E-state index in [4.69, 9.17) is 9.47 Å². The van der Waals surface area contributed by atoms with Gasteiger partial charge in [-0.05, 0) is 58.5 Å². The minimum atomic E-state index is -0.570. The molecule has 5 unspecified atom stereocenters. The molecule has 2 fully saturated rings. The first-order valence-corrected chi connectivity index (χ1v) is 15.4. The third-order valence-electron chi connectivity index (χ3n) is 8.72. The van der Waals surface area contributed by atoms with Crippen LogP contribution in [0.2, 0.25) is 0 Å². The number of aliphatic hydroxyl groups is 2. The molecule has 0 spiro atoms. The van der Waals surface area contributed by atoms with E-state index in [1.54, 1.807) is 12.1 Å². The molecule has 1 amide bonds. The summed E-state index contributed by atoms with van der Waals surface area (Å²) in [6.07, 6.45) is -0.369. The second-order valence-electron chi connectivity index (χ2n) is 11.9. The zero-order chi connectivity index (χ0) is 30.5. The lowest BCUT2D eigenvalue weighted by Gasteiger charge is -2.42. The maximum absolute atomic E-state index is 12.6. The number of β-amino-alcohol motifs (C(OH)–C–C–N with tert-alkyl or cyclic N) is 1. The second kappa shape index (κ2) is 13.8. The van der Waals surface area contributed by atoms with Crippen molar-refractivity contribution >= 4 is 5.91 Å². The topological polar surface area (TPSA) is 91.3 Å². The van der Waals surface area contributed by atoms with Gasteiger partial charge in [-0.3, -0.25) is 9.69 Å². The predicted molar refractivity (Wildman–Crippen MR) is 170 cm³/mol. The van der Waals surface area contributed by atoms with Crippen molar-refractivity contribution in [2.75, 3.05) is 19.6 Å². The third-order valence-corrected chi connectivity index (χ3v) is 8.72. The van der Waals surface area contributed by atoms with Crippen LogP contribution in [0.1, 0.15) is 58.4 Å². The highest BCUT2D eigenvalue weighted by Crippen LogP contribution is 2.42. The fourth-order valence-electron chi connectivity index (χ4n) is 6.16. The van der Waals surface area contributed by atoms with E-state index in [0.717, 1.165) is 52.9 Å². The maximum atomic E-state index is 12.6. The van der Waals surface area contributed by atoms with E-state index >= 15 is 0 Å². The number of hydrogen-bond acceptors (Lipinski definition) is 6. The van der Waals surface area contributed by atoms with E-state index in [-0.39, 0.29) is 36.7 Å². The second-order valence-corrected chi connectivity index (χ2v) is 11.9. The van der Waals surface area contributed by atoms with Crippen LogP contribution in [-0.2, 0) is 22.6 Å². The summed E-state index contributed by atoms with van der Waals surface area (Å²) in [5.41, 5.74) is 6.57. The quantitative estimate of drug-likeness (QED) is 0.233. The number of carbonyl (C=O) groups excluding carboxylic acids is 1. The Bertz CT molecular complexity index is 1540.